The van der Waals surface area contributed by atoms with E-state index in [4.69, 9.17) is 4.74 Å². The molecule has 9 heteroatoms. The second-order valence-electron chi connectivity index (χ2n) is 7.64. The number of halogens is 2. The number of rotatable bonds is 3. The van der Waals surface area contributed by atoms with Crippen LogP contribution in [0.25, 0.3) is 11.3 Å². The molecule has 0 saturated heterocycles. The zero-order chi connectivity index (χ0) is 22.2. The summed E-state index contributed by atoms with van der Waals surface area (Å²) < 4.78 is 22.2. The summed E-state index contributed by atoms with van der Waals surface area (Å²) in [5, 5.41) is 9.81. The third kappa shape index (κ3) is 3.60. The molecule has 5 rings (SSSR count). The SMILES string of the molecule is COc1c(F)cccc1Nc1c2[nH]c3c1C(=O)NCC3[I-]/C=C(\C)CNc1cnccc1-2. The molecule has 2 aromatic heterocycles. The van der Waals surface area contributed by atoms with Gasteiger partial charge in [-0.2, -0.15) is 0 Å². The van der Waals surface area contributed by atoms with Gasteiger partial charge in [-0.1, -0.05) is 0 Å². The number of methoxy groups -OCH3 is 1. The number of H-pyrrole nitrogens is 1. The predicted molar refractivity (Wildman–Crippen MR) is 118 cm³/mol. The quantitative estimate of drug-likeness (QED) is 0.293. The molecule has 3 aromatic rings. The molecule has 1 atom stereocenters. The Morgan fingerprint density at radius 3 is 3.00 bits per heavy atom. The first kappa shape index (κ1) is 20.8. The number of pyridine rings is 1. The number of nitrogens with one attached hydrogen (secondary N) is 4. The fourth-order valence-corrected chi connectivity index (χ4v) is 6.53. The minimum absolute atomic E-state index is 0.0985. The van der Waals surface area contributed by atoms with Gasteiger partial charge in [0.1, 0.15) is 0 Å². The number of benzene rings is 1. The van der Waals surface area contributed by atoms with Gasteiger partial charge in [0.05, 0.1) is 0 Å². The van der Waals surface area contributed by atoms with Gasteiger partial charge in [0.25, 0.3) is 0 Å². The molecular weight excluding hydrogens is 524 g/mol. The van der Waals surface area contributed by atoms with E-state index in [1.165, 1.54) is 18.7 Å². The molecule has 1 amide bonds. The van der Waals surface area contributed by atoms with E-state index in [2.05, 4.69) is 36.9 Å². The van der Waals surface area contributed by atoms with Gasteiger partial charge in [-0.15, -0.1) is 0 Å². The summed E-state index contributed by atoms with van der Waals surface area (Å²) in [5.41, 5.74) is 6.30. The Hall–Kier alpha value is -3.08. The van der Waals surface area contributed by atoms with Crippen LogP contribution in [0.3, 0.4) is 0 Å². The van der Waals surface area contributed by atoms with Crippen LogP contribution in [0.4, 0.5) is 21.5 Å². The van der Waals surface area contributed by atoms with Gasteiger partial charge in [-0.05, 0) is 0 Å². The van der Waals surface area contributed by atoms with Crippen LogP contribution in [0.1, 0.15) is 26.9 Å². The monoisotopic (exact) mass is 546 g/mol. The Morgan fingerprint density at radius 2 is 2.16 bits per heavy atom. The molecule has 0 aliphatic carbocycles. The number of ether oxygens (including phenoxy) is 1. The number of anilines is 3. The van der Waals surface area contributed by atoms with Crippen LogP contribution < -0.4 is 41.9 Å². The van der Waals surface area contributed by atoms with Crippen molar-refractivity contribution >= 4 is 23.0 Å². The van der Waals surface area contributed by atoms with Gasteiger partial charge in [-0.3, -0.25) is 0 Å². The van der Waals surface area contributed by atoms with Crippen LogP contribution in [0.15, 0.2) is 46.3 Å². The number of aromatic nitrogens is 2. The molecule has 2 aliphatic heterocycles. The summed E-state index contributed by atoms with van der Waals surface area (Å²) in [5.74, 6) is -0.527. The van der Waals surface area contributed by atoms with E-state index in [0.29, 0.717) is 23.5 Å². The number of hydrogen-bond acceptors (Lipinski definition) is 5. The zero-order valence-corrected chi connectivity index (χ0v) is 19.7. The predicted octanol–water partition coefficient (Wildman–Crippen LogP) is 1.17. The summed E-state index contributed by atoms with van der Waals surface area (Å²) >= 11 is -0.358. The van der Waals surface area contributed by atoms with Crippen molar-refractivity contribution in [1.29, 1.82) is 0 Å². The van der Waals surface area contributed by atoms with Crippen molar-refractivity contribution in [2.75, 3.05) is 30.8 Å². The van der Waals surface area contributed by atoms with Crippen LogP contribution >= 0.6 is 0 Å². The third-order valence-electron chi connectivity index (χ3n) is 5.49. The molecule has 0 radical (unpaired) electrons. The topological polar surface area (TPSA) is 91.1 Å². The molecule has 0 saturated carbocycles. The average Bonchev–Trinajstić information content (AvgIpc) is 3.16. The van der Waals surface area contributed by atoms with Crippen LogP contribution in [0.5, 0.6) is 5.75 Å². The van der Waals surface area contributed by atoms with Crippen molar-refractivity contribution in [2.45, 2.75) is 10.8 Å². The molecule has 1 unspecified atom stereocenters. The zero-order valence-electron chi connectivity index (χ0n) is 17.6. The molecule has 0 spiro atoms. The molecule has 4 N–H and O–H groups in total. The van der Waals surface area contributed by atoms with E-state index in [1.807, 2.05) is 6.07 Å². The van der Waals surface area contributed by atoms with Gasteiger partial charge < -0.3 is 0 Å². The number of nitrogens with zero attached hydrogens (tertiary/aromatic N) is 1. The van der Waals surface area contributed by atoms with E-state index in [1.54, 1.807) is 24.5 Å². The Kier molecular flexibility index (Phi) is 5.50. The van der Waals surface area contributed by atoms with Crippen LogP contribution in [0.2, 0.25) is 0 Å². The standard InChI is InChI=1S/C23H22FIN5O2/c1-12-8-25-15-10-28-23(31)18-20(15)30-19(13-6-7-26-11-17(13)27-9-12)21(18)29-16-5-3-4-14(24)22(16)32-2/h3-8,11,15,27,29-30H,9-10H2,1-2H3,(H,28,31)/q-1/b12-8+. The molecule has 4 heterocycles. The number of alkyl halides is 1. The van der Waals surface area contributed by atoms with Crippen molar-refractivity contribution in [3.8, 4) is 17.0 Å². The first-order valence-electron chi connectivity index (χ1n) is 10.2. The minimum atomic E-state index is -0.474. The fraction of sp³-hybridized carbons (Fsp3) is 0.217. The molecule has 2 bridgehead atoms. The summed E-state index contributed by atoms with van der Waals surface area (Å²) in [6, 6.07) is 6.60. The molecule has 166 valence electrons. The van der Waals surface area contributed by atoms with Crippen molar-refractivity contribution in [3.05, 3.63) is 63.4 Å². The van der Waals surface area contributed by atoms with Gasteiger partial charge >= 0.3 is 195 Å². The van der Waals surface area contributed by atoms with Crippen LogP contribution in [-0.2, 0) is 0 Å². The van der Waals surface area contributed by atoms with Gasteiger partial charge in [0.15, 0.2) is 0 Å². The van der Waals surface area contributed by atoms with E-state index < -0.39 is 5.82 Å². The Balaban J connectivity index is 1.75. The van der Waals surface area contributed by atoms with E-state index in [-0.39, 0.29) is 36.8 Å². The average molecular weight is 546 g/mol. The molecule has 32 heavy (non-hydrogen) atoms. The summed E-state index contributed by atoms with van der Waals surface area (Å²) in [7, 11) is 1.43. The van der Waals surface area contributed by atoms with Crippen molar-refractivity contribution < 1.29 is 35.1 Å². The summed E-state index contributed by atoms with van der Waals surface area (Å²) in [6.07, 6.45) is 3.50. The Bertz CT molecular complexity index is 1240. The maximum absolute atomic E-state index is 14.4. The molecular formula is C23H22FIN5O2-. The van der Waals surface area contributed by atoms with Crippen molar-refractivity contribution in [2.24, 2.45) is 0 Å². The molecule has 7 nitrogen and oxygen atoms in total. The number of amides is 1. The first-order valence-corrected chi connectivity index (χ1v) is 12.7. The molecule has 0 fully saturated rings. The number of aromatic amines is 1. The fourth-order valence-electron chi connectivity index (χ4n) is 3.96. The second kappa shape index (κ2) is 8.45. The second-order valence-corrected chi connectivity index (χ2v) is 10.5. The summed E-state index contributed by atoms with van der Waals surface area (Å²) in [4.78, 5) is 20.9. The van der Waals surface area contributed by atoms with Crippen molar-refractivity contribution in [1.82, 2.24) is 15.3 Å². The Labute approximate surface area is 195 Å². The number of fused-ring (bicyclic) bond motifs is 3. The van der Waals surface area contributed by atoms with Gasteiger partial charge in [0.2, 0.25) is 0 Å². The molecule has 1 aromatic carbocycles. The maximum atomic E-state index is 14.4. The van der Waals surface area contributed by atoms with E-state index in [0.717, 1.165) is 29.2 Å². The van der Waals surface area contributed by atoms with Crippen LogP contribution in [-0.4, -0.2) is 36.1 Å². The van der Waals surface area contributed by atoms with Crippen molar-refractivity contribution in [3.63, 3.8) is 0 Å². The van der Waals surface area contributed by atoms with Crippen LogP contribution in [0, 0.1) is 5.82 Å². The number of para-hydroxylation sites is 1. The van der Waals surface area contributed by atoms with Gasteiger partial charge in [-0.25, -0.2) is 0 Å². The van der Waals surface area contributed by atoms with E-state index >= 15 is 0 Å². The van der Waals surface area contributed by atoms with E-state index in [9.17, 15) is 9.18 Å². The number of carbonyl (C=O) groups excluding carboxylic acids is 1. The van der Waals surface area contributed by atoms with Gasteiger partial charge in [0, 0.05) is 0 Å². The Morgan fingerprint density at radius 1 is 1.28 bits per heavy atom. The molecule has 2 aliphatic rings. The summed E-state index contributed by atoms with van der Waals surface area (Å²) in [6.45, 7) is 3.44. The third-order valence-corrected chi connectivity index (χ3v) is 8.85. The number of carbonyl (C=O) groups is 1. The normalized spacial score (nSPS) is 19.2. The number of hydrogen-bond donors (Lipinski definition) is 4. The first-order chi connectivity index (χ1) is 15.6.